The number of halogens is 1. The monoisotopic (exact) mass is 466 g/mol. The Morgan fingerprint density at radius 2 is 1.38 bits per heavy atom. The van der Waals surface area contributed by atoms with E-state index in [4.69, 9.17) is 11.6 Å². The highest BCUT2D eigenvalue weighted by Gasteiger charge is 2.37. The summed E-state index contributed by atoms with van der Waals surface area (Å²) in [6.07, 6.45) is 0. The average Bonchev–Trinajstić information content (AvgIpc) is 3.01. The van der Waals surface area contributed by atoms with Crippen molar-refractivity contribution in [2.24, 2.45) is 0 Å². The summed E-state index contributed by atoms with van der Waals surface area (Å²) >= 11 is 6.38. The third-order valence-electron chi connectivity index (χ3n) is 6.12. The Bertz CT molecular complexity index is 1270. The zero-order chi connectivity index (χ0) is 23.5. The van der Waals surface area contributed by atoms with E-state index < -0.39 is 12.0 Å². The van der Waals surface area contributed by atoms with Crippen molar-refractivity contribution < 1.29 is 9.59 Å². The molecular formula is C29H23ClN2O2. The first-order valence-corrected chi connectivity index (χ1v) is 11.5. The highest BCUT2D eigenvalue weighted by molar-refractivity contribution is 6.30. The summed E-state index contributed by atoms with van der Waals surface area (Å²) in [4.78, 5) is 29.0. The Hall–Kier alpha value is -3.89. The van der Waals surface area contributed by atoms with Gasteiger partial charge in [-0.25, -0.2) is 0 Å². The fourth-order valence-corrected chi connectivity index (χ4v) is 4.79. The highest BCUT2D eigenvalue weighted by Crippen LogP contribution is 2.39. The van der Waals surface area contributed by atoms with Crippen molar-refractivity contribution in [3.63, 3.8) is 0 Å². The molecular weight excluding hydrogens is 444 g/mol. The lowest BCUT2D eigenvalue weighted by molar-refractivity contribution is -0.136. The van der Waals surface area contributed by atoms with Gasteiger partial charge < -0.3 is 10.2 Å². The summed E-state index contributed by atoms with van der Waals surface area (Å²) in [7, 11) is 0. The summed E-state index contributed by atoms with van der Waals surface area (Å²) in [5, 5.41) is 3.51. The Morgan fingerprint density at radius 3 is 1.97 bits per heavy atom. The molecule has 0 spiro atoms. The van der Waals surface area contributed by atoms with Crippen molar-refractivity contribution in [1.82, 2.24) is 4.90 Å². The van der Waals surface area contributed by atoms with Gasteiger partial charge in [-0.2, -0.15) is 0 Å². The van der Waals surface area contributed by atoms with Crippen LogP contribution in [0.3, 0.4) is 0 Å². The van der Waals surface area contributed by atoms with Gasteiger partial charge in [0.05, 0.1) is 12.0 Å². The van der Waals surface area contributed by atoms with Gasteiger partial charge in [-0.3, -0.25) is 9.59 Å². The molecule has 1 N–H and O–H groups in total. The van der Waals surface area contributed by atoms with Gasteiger partial charge in [-0.05, 0) is 34.9 Å². The fraction of sp³-hybridized carbons (Fsp3) is 0.103. The van der Waals surface area contributed by atoms with Crippen LogP contribution < -0.4 is 5.32 Å². The number of nitrogens with zero attached hydrogens (tertiary/aromatic N) is 1. The van der Waals surface area contributed by atoms with Crippen LogP contribution in [-0.4, -0.2) is 23.3 Å². The van der Waals surface area contributed by atoms with Gasteiger partial charge in [0, 0.05) is 16.3 Å². The van der Waals surface area contributed by atoms with E-state index in [0.717, 1.165) is 22.3 Å². The maximum atomic E-state index is 14.4. The number of amides is 2. The fourth-order valence-electron chi connectivity index (χ4n) is 4.61. The Balaban J connectivity index is 1.69. The van der Waals surface area contributed by atoms with Crippen molar-refractivity contribution in [1.29, 1.82) is 0 Å². The van der Waals surface area contributed by atoms with Gasteiger partial charge in [-0.1, -0.05) is 103 Å². The molecule has 4 nitrogen and oxygen atoms in total. The first-order valence-electron chi connectivity index (χ1n) is 11.2. The summed E-state index contributed by atoms with van der Waals surface area (Å²) < 4.78 is 0. The number of hydrogen-bond donors (Lipinski definition) is 1. The second-order valence-electron chi connectivity index (χ2n) is 8.31. The molecule has 168 valence electrons. The molecule has 2 amide bonds. The van der Waals surface area contributed by atoms with Crippen molar-refractivity contribution >= 4 is 29.1 Å². The van der Waals surface area contributed by atoms with Crippen molar-refractivity contribution in [2.75, 3.05) is 11.9 Å². The lowest BCUT2D eigenvalue weighted by Crippen LogP contribution is -2.41. The predicted octanol–water partition coefficient (Wildman–Crippen LogP) is 6.04. The normalized spacial score (nSPS) is 15.4. The first-order chi connectivity index (χ1) is 16.6. The molecule has 5 heteroatoms. The number of hydrogen-bond acceptors (Lipinski definition) is 2. The molecule has 4 aromatic carbocycles. The summed E-state index contributed by atoms with van der Waals surface area (Å²) in [5.74, 6) is -0.938. The number of rotatable bonds is 4. The van der Waals surface area contributed by atoms with E-state index in [1.54, 1.807) is 17.0 Å². The van der Waals surface area contributed by atoms with E-state index in [2.05, 4.69) is 5.32 Å². The van der Waals surface area contributed by atoms with E-state index in [-0.39, 0.29) is 18.4 Å². The summed E-state index contributed by atoms with van der Waals surface area (Å²) in [5.41, 5.74) is 4.12. The van der Waals surface area contributed by atoms with E-state index in [1.807, 2.05) is 97.1 Å². The number of anilines is 1. The van der Waals surface area contributed by atoms with Crippen LogP contribution in [0.1, 0.15) is 34.2 Å². The maximum absolute atomic E-state index is 14.4. The Kier molecular flexibility index (Phi) is 6.15. The van der Waals surface area contributed by atoms with Crippen LogP contribution in [0, 0.1) is 0 Å². The molecule has 0 radical (unpaired) electrons. The molecule has 0 aromatic heterocycles. The van der Waals surface area contributed by atoms with E-state index in [1.165, 1.54) is 0 Å². The number of carbonyl (C=O) groups excluding carboxylic acids is 2. The first kappa shape index (κ1) is 21.9. The minimum atomic E-state index is -0.554. The van der Waals surface area contributed by atoms with E-state index in [0.29, 0.717) is 10.7 Å². The molecule has 1 aliphatic heterocycles. The minimum absolute atomic E-state index is 0.0686. The summed E-state index contributed by atoms with van der Waals surface area (Å²) in [6, 6.07) is 34.1. The molecule has 0 aliphatic carbocycles. The van der Waals surface area contributed by atoms with Gasteiger partial charge in [-0.15, -0.1) is 0 Å². The molecule has 0 saturated carbocycles. The molecule has 0 saturated heterocycles. The van der Waals surface area contributed by atoms with Crippen LogP contribution >= 0.6 is 11.6 Å². The second kappa shape index (κ2) is 9.54. The van der Waals surface area contributed by atoms with E-state index in [9.17, 15) is 9.59 Å². The number of nitrogens with one attached hydrogen (secondary N) is 1. The topological polar surface area (TPSA) is 49.4 Å². The van der Waals surface area contributed by atoms with Crippen molar-refractivity contribution in [3.8, 4) is 0 Å². The minimum Gasteiger partial charge on any atom is -0.324 e. The van der Waals surface area contributed by atoms with Gasteiger partial charge >= 0.3 is 0 Å². The quantitative estimate of drug-likeness (QED) is 0.398. The number of carbonyl (C=O) groups is 2. The van der Waals surface area contributed by atoms with Crippen LogP contribution in [0.5, 0.6) is 0 Å². The molecule has 34 heavy (non-hydrogen) atoms. The van der Waals surface area contributed by atoms with Crippen molar-refractivity contribution in [2.45, 2.75) is 12.0 Å². The van der Waals surface area contributed by atoms with Crippen molar-refractivity contribution in [3.05, 3.63) is 136 Å². The highest BCUT2D eigenvalue weighted by atomic mass is 35.5. The molecule has 1 atom stereocenters. The molecule has 1 aliphatic rings. The lowest BCUT2D eigenvalue weighted by Gasteiger charge is -2.34. The standard InChI is InChI=1S/C29H23ClN2O2/c30-23-16-17-25-24(18-23)28(22-14-8-3-9-15-22)32(19-26(33)31-25)29(34)27(20-10-4-1-5-11-20)21-12-6-2-7-13-21/h1-18,27-28H,19H2,(H,31,33). The molecule has 0 bridgehead atoms. The second-order valence-corrected chi connectivity index (χ2v) is 8.75. The molecule has 1 heterocycles. The number of fused-ring (bicyclic) bond motifs is 1. The molecule has 1 unspecified atom stereocenters. The Labute approximate surface area is 203 Å². The third kappa shape index (κ3) is 4.33. The Morgan fingerprint density at radius 1 is 0.824 bits per heavy atom. The average molecular weight is 467 g/mol. The lowest BCUT2D eigenvalue weighted by atomic mass is 9.88. The van der Waals surface area contributed by atoms with Crippen LogP contribution in [0.2, 0.25) is 5.02 Å². The molecule has 5 rings (SSSR count). The van der Waals surface area contributed by atoms with Crippen LogP contribution in [0.15, 0.2) is 109 Å². The van der Waals surface area contributed by atoms with Gasteiger partial charge in [0.2, 0.25) is 11.8 Å². The van der Waals surface area contributed by atoms with Gasteiger partial charge in [0.1, 0.15) is 6.54 Å². The van der Waals surface area contributed by atoms with Crippen LogP contribution in [0.4, 0.5) is 5.69 Å². The van der Waals surface area contributed by atoms with E-state index >= 15 is 0 Å². The number of benzene rings is 4. The van der Waals surface area contributed by atoms with Crippen LogP contribution in [-0.2, 0) is 9.59 Å². The van der Waals surface area contributed by atoms with Crippen LogP contribution in [0.25, 0.3) is 0 Å². The van der Waals surface area contributed by atoms with Gasteiger partial charge in [0.15, 0.2) is 0 Å². The summed E-state index contributed by atoms with van der Waals surface area (Å²) in [6.45, 7) is -0.0686. The molecule has 0 fully saturated rings. The maximum Gasteiger partial charge on any atom is 0.244 e. The predicted molar refractivity (Wildman–Crippen MR) is 135 cm³/mol. The molecule has 4 aromatic rings. The smallest absolute Gasteiger partial charge is 0.244 e. The van der Waals surface area contributed by atoms with Gasteiger partial charge in [0.25, 0.3) is 0 Å². The zero-order valence-electron chi connectivity index (χ0n) is 18.4. The SMILES string of the molecule is O=C1CN(C(=O)C(c2ccccc2)c2ccccc2)C(c2ccccc2)c2cc(Cl)ccc2N1. The third-order valence-corrected chi connectivity index (χ3v) is 6.35. The zero-order valence-corrected chi connectivity index (χ0v) is 19.2. The largest absolute Gasteiger partial charge is 0.324 e.